The van der Waals surface area contributed by atoms with Crippen LogP contribution in [0, 0.1) is 0 Å². The van der Waals surface area contributed by atoms with Gasteiger partial charge in [-0.15, -0.1) is 0 Å². The zero-order chi connectivity index (χ0) is 13.5. The Balaban J connectivity index is 1.74. The number of nitrogens with zero attached hydrogens (tertiary/aromatic N) is 3. The average Bonchev–Trinajstić information content (AvgIpc) is 2.84. The minimum Gasteiger partial charge on any atom is -0.338 e. The maximum Gasteiger partial charge on any atom is 0.225 e. The van der Waals surface area contributed by atoms with Crippen LogP contribution >= 0.6 is 15.9 Å². The lowest BCUT2D eigenvalue weighted by Gasteiger charge is -2.27. The van der Waals surface area contributed by atoms with Gasteiger partial charge in [0.05, 0.1) is 5.69 Å². The van der Waals surface area contributed by atoms with Gasteiger partial charge in [-0.1, -0.05) is 22.0 Å². The fourth-order valence-electron chi connectivity index (χ4n) is 2.92. The van der Waals surface area contributed by atoms with Crippen LogP contribution in [0.25, 0.3) is 11.3 Å². The number of halogens is 1. The fraction of sp³-hybridized carbons (Fsp3) is 0.333. The Labute approximate surface area is 126 Å². The summed E-state index contributed by atoms with van der Waals surface area (Å²) < 4.78 is 1.12. The molecule has 0 atom stereocenters. The third-order valence-corrected chi connectivity index (χ3v) is 4.45. The van der Waals surface area contributed by atoms with Crippen LogP contribution in [-0.4, -0.2) is 36.1 Å². The second-order valence-corrected chi connectivity index (χ2v) is 6.17. The topological polar surface area (TPSA) is 41.1 Å². The molecule has 2 aliphatic rings. The van der Waals surface area contributed by atoms with Crippen molar-refractivity contribution in [2.75, 3.05) is 31.1 Å². The molecule has 1 aliphatic heterocycles. The predicted octanol–water partition coefficient (Wildman–Crippen LogP) is 2.22. The maximum absolute atomic E-state index is 4.82. The van der Waals surface area contributed by atoms with Crippen molar-refractivity contribution in [3.8, 4) is 11.3 Å². The van der Waals surface area contributed by atoms with E-state index in [1.807, 2.05) is 6.20 Å². The molecule has 5 heteroatoms. The van der Waals surface area contributed by atoms with Crippen molar-refractivity contribution < 1.29 is 0 Å². The van der Waals surface area contributed by atoms with E-state index in [1.165, 1.54) is 16.7 Å². The molecule has 102 valence electrons. The van der Waals surface area contributed by atoms with Crippen molar-refractivity contribution in [2.24, 2.45) is 0 Å². The molecule has 2 aromatic rings. The molecule has 1 aliphatic carbocycles. The number of hydrogen-bond acceptors (Lipinski definition) is 4. The molecular weight excluding hydrogens is 316 g/mol. The number of fused-ring (bicyclic) bond motifs is 3. The van der Waals surface area contributed by atoms with Gasteiger partial charge in [-0.2, -0.15) is 0 Å². The van der Waals surface area contributed by atoms with E-state index in [0.717, 1.165) is 48.7 Å². The summed E-state index contributed by atoms with van der Waals surface area (Å²) in [5.74, 6) is 0.862. The molecule has 2 heterocycles. The minimum absolute atomic E-state index is 0.862. The van der Waals surface area contributed by atoms with Crippen LogP contribution < -0.4 is 10.2 Å². The minimum atomic E-state index is 0.862. The van der Waals surface area contributed by atoms with Crippen molar-refractivity contribution in [2.45, 2.75) is 6.42 Å². The zero-order valence-corrected chi connectivity index (χ0v) is 12.7. The first kappa shape index (κ1) is 12.3. The molecule has 0 saturated carbocycles. The third kappa shape index (κ3) is 2.01. The van der Waals surface area contributed by atoms with Crippen LogP contribution in [0.4, 0.5) is 5.95 Å². The van der Waals surface area contributed by atoms with E-state index in [-0.39, 0.29) is 0 Å². The lowest BCUT2D eigenvalue weighted by Crippen LogP contribution is -2.44. The molecular formula is C15H15BrN4. The summed E-state index contributed by atoms with van der Waals surface area (Å²) in [6.07, 6.45) is 2.93. The third-order valence-electron chi connectivity index (χ3n) is 3.95. The number of aromatic nitrogens is 2. The second-order valence-electron chi connectivity index (χ2n) is 5.26. The zero-order valence-electron chi connectivity index (χ0n) is 11.1. The van der Waals surface area contributed by atoms with E-state index in [1.54, 1.807) is 0 Å². The first-order chi connectivity index (χ1) is 9.81. The van der Waals surface area contributed by atoms with Crippen LogP contribution in [0.2, 0.25) is 0 Å². The molecule has 0 amide bonds. The Kier molecular flexibility index (Phi) is 2.97. The molecule has 1 aromatic carbocycles. The standard InChI is InChI=1S/C15H15BrN4/c16-12-1-2-13-10(8-12)7-11-9-18-15(19-14(11)13)20-5-3-17-4-6-20/h1-2,8-9,17H,3-7H2. The van der Waals surface area contributed by atoms with Crippen molar-refractivity contribution in [3.05, 3.63) is 40.0 Å². The molecule has 1 fully saturated rings. The molecule has 0 radical (unpaired) electrons. The van der Waals surface area contributed by atoms with Gasteiger partial charge in [0, 0.05) is 54.4 Å². The molecule has 4 rings (SSSR count). The lowest BCUT2D eigenvalue weighted by atomic mass is 10.1. The van der Waals surface area contributed by atoms with Gasteiger partial charge in [0.25, 0.3) is 0 Å². The Hall–Kier alpha value is -1.46. The van der Waals surface area contributed by atoms with E-state index < -0.39 is 0 Å². The van der Waals surface area contributed by atoms with Crippen molar-refractivity contribution in [1.82, 2.24) is 15.3 Å². The van der Waals surface area contributed by atoms with Crippen molar-refractivity contribution >= 4 is 21.9 Å². The first-order valence-corrected chi connectivity index (χ1v) is 7.71. The van der Waals surface area contributed by atoms with Gasteiger partial charge in [0.15, 0.2) is 0 Å². The highest BCUT2D eigenvalue weighted by molar-refractivity contribution is 9.10. The summed E-state index contributed by atoms with van der Waals surface area (Å²) in [5.41, 5.74) is 4.93. The van der Waals surface area contributed by atoms with Gasteiger partial charge < -0.3 is 10.2 Å². The molecule has 1 aromatic heterocycles. The monoisotopic (exact) mass is 330 g/mol. The Morgan fingerprint density at radius 3 is 2.85 bits per heavy atom. The van der Waals surface area contributed by atoms with Gasteiger partial charge in [-0.25, -0.2) is 9.97 Å². The number of rotatable bonds is 1. The largest absolute Gasteiger partial charge is 0.338 e. The number of nitrogens with one attached hydrogen (secondary N) is 1. The van der Waals surface area contributed by atoms with E-state index in [9.17, 15) is 0 Å². The summed E-state index contributed by atoms with van der Waals surface area (Å²) in [6.45, 7) is 3.96. The normalized spacial score (nSPS) is 16.9. The van der Waals surface area contributed by atoms with Crippen LogP contribution in [0.3, 0.4) is 0 Å². The van der Waals surface area contributed by atoms with E-state index in [0.29, 0.717) is 0 Å². The second kappa shape index (κ2) is 4.82. The first-order valence-electron chi connectivity index (χ1n) is 6.91. The summed E-state index contributed by atoms with van der Waals surface area (Å²) in [4.78, 5) is 11.6. The van der Waals surface area contributed by atoms with Crippen LogP contribution in [0.5, 0.6) is 0 Å². The SMILES string of the molecule is Brc1ccc2c(c1)Cc1cnc(N3CCNCC3)nc1-2. The van der Waals surface area contributed by atoms with Crippen LogP contribution in [0.1, 0.15) is 11.1 Å². The number of benzene rings is 1. The molecule has 4 nitrogen and oxygen atoms in total. The summed E-state index contributed by atoms with van der Waals surface area (Å²) in [7, 11) is 0. The van der Waals surface area contributed by atoms with Gasteiger partial charge in [-0.3, -0.25) is 0 Å². The highest BCUT2D eigenvalue weighted by Crippen LogP contribution is 2.36. The average molecular weight is 331 g/mol. The molecule has 1 saturated heterocycles. The summed E-state index contributed by atoms with van der Waals surface area (Å²) in [5, 5.41) is 3.36. The van der Waals surface area contributed by atoms with Crippen molar-refractivity contribution in [3.63, 3.8) is 0 Å². The maximum atomic E-state index is 4.82. The van der Waals surface area contributed by atoms with Gasteiger partial charge >= 0.3 is 0 Å². The fourth-order valence-corrected chi connectivity index (χ4v) is 3.33. The smallest absolute Gasteiger partial charge is 0.225 e. The number of piperazine rings is 1. The highest BCUT2D eigenvalue weighted by Gasteiger charge is 2.22. The molecule has 0 bridgehead atoms. The Morgan fingerprint density at radius 2 is 2.00 bits per heavy atom. The number of anilines is 1. The van der Waals surface area contributed by atoms with E-state index >= 15 is 0 Å². The summed E-state index contributed by atoms with van der Waals surface area (Å²) >= 11 is 3.54. The number of hydrogen-bond donors (Lipinski definition) is 1. The molecule has 1 N–H and O–H groups in total. The summed E-state index contributed by atoms with van der Waals surface area (Å²) in [6, 6.07) is 6.42. The van der Waals surface area contributed by atoms with Crippen molar-refractivity contribution in [1.29, 1.82) is 0 Å². The van der Waals surface area contributed by atoms with Crippen LogP contribution in [0.15, 0.2) is 28.9 Å². The van der Waals surface area contributed by atoms with Gasteiger partial charge in [-0.05, 0) is 17.7 Å². The molecule has 20 heavy (non-hydrogen) atoms. The molecule has 0 unspecified atom stereocenters. The molecule has 0 spiro atoms. The Bertz CT molecular complexity index is 665. The quantitative estimate of drug-likeness (QED) is 0.742. The van der Waals surface area contributed by atoms with Crippen LogP contribution in [-0.2, 0) is 6.42 Å². The van der Waals surface area contributed by atoms with E-state index in [2.05, 4.69) is 49.3 Å². The lowest BCUT2D eigenvalue weighted by molar-refractivity contribution is 0.580. The Morgan fingerprint density at radius 1 is 1.15 bits per heavy atom. The van der Waals surface area contributed by atoms with Gasteiger partial charge in [0.1, 0.15) is 0 Å². The van der Waals surface area contributed by atoms with E-state index in [4.69, 9.17) is 4.98 Å². The highest BCUT2D eigenvalue weighted by atomic mass is 79.9. The predicted molar refractivity (Wildman–Crippen MR) is 83.1 cm³/mol. The van der Waals surface area contributed by atoms with Gasteiger partial charge in [0.2, 0.25) is 5.95 Å².